The first-order valence-electron chi connectivity index (χ1n) is 5.73. The molecule has 0 aromatic rings. The molecule has 0 unspecified atom stereocenters. The van der Waals surface area contributed by atoms with E-state index in [1.807, 2.05) is 6.92 Å². The summed E-state index contributed by atoms with van der Waals surface area (Å²) >= 11 is 0. The van der Waals surface area contributed by atoms with Gasteiger partial charge in [0.05, 0.1) is 33.0 Å². The Morgan fingerprint density at radius 2 is 1.26 bits per heavy atom. The van der Waals surface area contributed by atoms with Gasteiger partial charge in [-0.1, -0.05) is 13.5 Å². The van der Waals surface area contributed by atoms with Crippen LogP contribution in [0.4, 0.5) is 0 Å². The Labute approximate surface area is 113 Å². The number of carboxylic acid groups (broad SMARTS) is 1. The van der Waals surface area contributed by atoms with Gasteiger partial charge in [0.25, 0.3) is 0 Å². The molecule has 0 heterocycles. The van der Waals surface area contributed by atoms with E-state index in [-0.39, 0.29) is 38.6 Å². The molecule has 0 radical (unpaired) electrons. The van der Waals surface area contributed by atoms with Crippen LogP contribution in [0, 0.1) is 5.41 Å². The first kappa shape index (κ1) is 23.1. The lowest BCUT2D eigenvalue weighted by atomic mass is 9.88. The zero-order valence-corrected chi connectivity index (χ0v) is 11.5. The Hall–Kier alpha value is -0.990. The molecular weight excluding hydrogens is 256 g/mol. The van der Waals surface area contributed by atoms with Gasteiger partial charge in [-0.2, -0.15) is 0 Å². The van der Waals surface area contributed by atoms with Crippen LogP contribution in [-0.2, 0) is 4.79 Å². The molecule has 0 aromatic heterocycles. The number of aliphatic hydroxyl groups excluding tert-OH is 5. The number of aliphatic carboxylic acids is 1. The topological polar surface area (TPSA) is 138 Å². The minimum Gasteiger partial charge on any atom is -0.478 e. The van der Waals surface area contributed by atoms with Gasteiger partial charge in [0.15, 0.2) is 0 Å². The van der Waals surface area contributed by atoms with Crippen molar-refractivity contribution >= 4 is 5.97 Å². The molecule has 0 aliphatic carbocycles. The van der Waals surface area contributed by atoms with E-state index < -0.39 is 11.4 Å². The normalized spacial score (nSPS) is 9.63. The minimum absolute atomic E-state index is 0.125. The highest BCUT2D eigenvalue weighted by atomic mass is 16.4. The van der Waals surface area contributed by atoms with E-state index in [9.17, 15) is 4.79 Å². The second kappa shape index (κ2) is 15.1. The summed E-state index contributed by atoms with van der Waals surface area (Å²) in [5, 5.41) is 49.1. The summed E-state index contributed by atoms with van der Waals surface area (Å²) in [6.45, 7) is 5.71. The van der Waals surface area contributed by atoms with Crippen LogP contribution < -0.4 is 0 Å². The molecule has 0 atom stereocenters. The number of aliphatic hydroxyl groups is 5. The molecule has 0 rings (SSSR count). The van der Waals surface area contributed by atoms with Crippen LogP contribution in [0.3, 0.4) is 0 Å². The molecule has 19 heavy (non-hydrogen) atoms. The molecule has 0 aromatic carbocycles. The van der Waals surface area contributed by atoms with Gasteiger partial charge in [-0.3, -0.25) is 0 Å². The van der Waals surface area contributed by atoms with Crippen LogP contribution in [-0.4, -0.2) is 69.6 Å². The second-order valence-electron chi connectivity index (χ2n) is 3.86. The highest BCUT2D eigenvalue weighted by Crippen LogP contribution is 2.18. The summed E-state index contributed by atoms with van der Waals surface area (Å²) in [5.74, 6) is -0.935. The standard InChI is InChI=1S/C6H14O3.C4H6O2.C2H6O2/c1-2-6(3-7,4-8)5-9;1-3(2)4(5)6;3-1-2-4/h7-9H,2-5H2,1H3;1H2,2H3,(H,5,6);3-4H,1-2H2. The summed E-state index contributed by atoms with van der Waals surface area (Å²) in [4.78, 5) is 9.60. The van der Waals surface area contributed by atoms with Crippen LogP contribution in [0.5, 0.6) is 0 Å². The smallest absolute Gasteiger partial charge is 0.330 e. The molecule has 7 heteroatoms. The van der Waals surface area contributed by atoms with Gasteiger partial charge >= 0.3 is 5.97 Å². The Bertz CT molecular complexity index is 193. The van der Waals surface area contributed by atoms with E-state index in [2.05, 4.69) is 6.58 Å². The fourth-order valence-corrected chi connectivity index (χ4v) is 0.485. The lowest BCUT2D eigenvalue weighted by Crippen LogP contribution is -2.32. The van der Waals surface area contributed by atoms with Crippen molar-refractivity contribution < 1.29 is 35.4 Å². The predicted octanol–water partition coefficient (Wildman–Crippen LogP) is -1.02. The number of carboxylic acids is 1. The molecule has 6 N–H and O–H groups in total. The van der Waals surface area contributed by atoms with Crippen LogP contribution in [0.2, 0.25) is 0 Å². The lowest BCUT2D eigenvalue weighted by Gasteiger charge is -2.24. The molecule has 7 nitrogen and oxygen atoms in total. The summed E-state index contributed by atoms with van der Waals surface area (Å²) in [6.07, 6.45) is 0.594. The largest absolute Gasteiger partial charge is 0.478 e. The first-order valence-corrected chi connectivity index (χ1v) is 5.73. The van der Waals surface area contributed by atoms with Crippen molar-refractivity contribution in [3.05, 3.63) is 12.2 Å². The third-order valence-electron chi connectivity index (χ3n) is 2.22. The van der Waals surface area contributed by atoms with Gasteiger partial charge in [-0.05, 0) is 13.3 Å². The van der Waals surface area contributed by atoms with Crippen molar-refractivity contribution in [3.63, 3.8) is 0 Å². The first-order chi connectivity index (χ1) is 8.80. The summed E-state index contributed by atoms with van der Waals surface area (Å²) in [7, 11) is 0. The van der Waals surface area contributed by atoms with Crippen molar-refractivity contribution in [2.75, 3.05) is 33.0 Å². The lowest BCUT2D eigenvalue weighted by molar-refractivity contribution is -0.132. The van der Waals surface area contributed by atoms with E-state index in [0.717, 1.165) is 0 Å². The van der Waals surface area contributed by atoms with Crippen molar-refractivity contribution in [1.29, 1.82) is 0 Å². The number of carbonyl (C=O) groups is 1. The molecule has 0 saturated carbocycles. The van der Waals surface area contributed by atoms with E-state index >= 15 is 0 Å². The molecule has 0 aliphatic rings. The Kier molecular flexibility index (Phi) is 18.3. The predicted molar refractivity (Wildman–Crippen MR) is 70.6 cm³/mol. The average Bonchev–Trinajstić information content (AvgIpc) is 2.43. The molecule has 0 amide bonds. The van der Waals surface area contributed by atoms with E-state index in [1.54, 1.807) is 0 Å². The average molecular weight is 282 g/mol. The molecule has 0 saturated heterocycles. The van der Waals surface area contributed by atoms with Crippen molar-refractivity contribution in [1.82, 2.24) is 0 Å². The third-order valence-corrected chi connectivity index (χ3v) is 2.22. The summed E-state index contributed by atoms with van der Waals surface area (Å²) < 4.78 is 0. The molecule has 0 bridgehead atoms. The summed E-state index contributed by atoms with van der Waals surface area (Å²) in [6, 6.07) is 0. The monoisotopic (exact) mass is 282 g/mol. The maximum atomic E-state index is 9.60. The Morgan fingerprint density at radius 3 is 1.26 bits per heavy atom. The summed E-state index contributed by atoms with van der Waals surface area (Å²) in [5.41, 5.74) is -0.491. The zero-order chi connectivity index (χ0) is 15.9. The molecule has 0 spiro atoms. The second-order valence-corrected chi connectivity index (χ2v) is 3.86. The van der Waals surface area contributed by atoms with Gasteiger partial charge in [-0.25, -0.2) is 4.79 Å². The van der Waals surface area contributed by atoms with Crippen molar-refractivity contribution in [2.45, 2.75) is 20.3 Å². The van der Waals surface area contributed by atoms with Gasteiger partial charge in [-0.15, -0.1) is 0 Å². The molecule has 116 valence electrons. The minimum atomic E-state index is -0.935. The molecule has 0 fully saturated rings. The van der Waals surface area contributed by atoms with Crippen molar-refractivity contribution in [3.8, 4) is 0 Å². The van der Waals surface area contributed by atoms with Crippen LogP contribution in [0.15, 0.2) is 12.2 Å². The Balaban J connectivity index is -0.000000222. The highest BCUT2D eigenvalue weighted by Gasteiger charge is 2.24. The van der Waals surface area contributed by atoms with Gasteiger partial charge < -0.3 is 30.6 Å². The van der Waals surface area contributed by atoms with Gasteiger partial charge in [0, 0.05) is 11.0 Å². The van der Waals surface area contributed by atoms with Crippen LogP contribution in [0.25, 0.3) is 0 Å². The van der Waals surface area contributed by atoms with E-state index in [4.69, 9.17) is 30.6 Å². The zero-order valence-electron chi connectivity index (χ0n) is 11.5. The molecule has 0 aliphatic heterocycles. The van der Waals surface area contributed by atoms with E-state index in [0.29, 0.717) is 6.42 Å². The highest BCUT2D eigenvalue weighted by molar-refractivity contribution is 5.84. The third kappa shape index (κ3) is 15.0. The van der Waals surface area contributed by atoms with Gasteiger partial charge in [0.1, 0.15) is 0 Å². The SMILES string of the molecule is C=C(C)C(=O)O.CCC(CO)(CO)CO.OCCO. The van der Waals surface area contributed by atoms with Crippen molar-refractivity contribution in [2.24, 2.45) is 5.41 Å². The van der Waals surface area contributed by atoms with Crippen LogP contribution in [0.1, 0.15) is 20.3 Å². The number of hydrogen-bond donors (Lipinski definition) is 6. The number of hydrogen-bond acceptors (Lipinski definition) is 6. The fourth-order valence-electron chi connectivity index (χ4n) is 0.485. The van der Waals surface area contributed by atoms with Gasteiger partial charge in [0.2, 0.25) is 0 Å². The molecular formula is C12H26O7. The Morgan fingerprint density at radius 1 is 1.00 bits per heavy atom. The quantitative estimate of drug-likeness (QED) is 0.343. The maximum Gasteiger partial charge on any atom is 0.330 e. The van der Waals surface area contributed by atoms with E-state index in [1.165, 1.54) is 6.92 Å². The fraction of sp³-hybridized carbons (Fsp3) is 0.750. The maximum absolute atomic E-state index is 9.60. The number of rotatable bonds is 6. The van der Waals surface area contributed by atoms with Crippen LogP contribution >= 0.6 is 0 Å².